The summed E-state index contributed by atoms with van der Waals surface area (Å²) in [5.74, 6) is 1.43. The average Bonchev–Trinajstić information content (AvgIpc) is 2.35. The first-order valence-corrected chi connectivity index (χ1v) is 6.99. The van der Waals surface area contributed by atoms with Crippen molar-refractivity contribution >= 4 is 15.9 Å². The molecule has 0 aliphatic heterocycles. The molecule has 0 aliphatic rings. The fourth-order valence-corrected chi connectivity index (χ4v) is 2.15. The van der Waals surface area contributed by atoms with Gasteiger partial charge in [-0.05, 0) is 44.0 Å². The number of aryl methyl sites for hydroxylation is 1. The zero-order valence-electron chi connectivity index (χ0n) is 11.1. The van der Waals surface area contributed by atoms with E-state index >= 15 is 0 Å². The summed E-state index contributed by atoms with van der Waals surface area (Å²) in [6.07, 6.45) is 2.48. The van der Waals surface area contributed by atoms with E-state index in [1.807, 2.05) is 44.2 Å². The molecule has 0 fully saturated rings. The number of benzene rings is 1. The number of aromatic nitrogens is 1. The van der Waals surface area contributed by atoms with Gasteiger partial charge in [0.15, 0.2) is 0 Å². The van der Waals surface area contributed by atoms with Crippen LogP contribution in [0.4, 0.5) is 0 Å². The van der Waals surface area contributed by atoms with Crippen LogP contribution < -0.4 is 10.5 Å². The normalized spacial score (nSPS) is 12.2. The van der Waals surface area contributed by atoms with Crippen molar-refractivity contribution in [1.82, 2.24) is 4.98 Å². The summed E-state index contributed by atoms with van der Waals surface area (Å²) in [5.41, 5.74) is 7.94. The van der Waals surface area contributed by atoms with Gasteiger partial charge < -0.3 is 10.5 Å². The van der Waals surface area contributed by atoms with Gasteiger partial charge in [-0.15, -0.1) is 0 Å². The molecule has 1 aromatic heterocycles. The Morgan fingerprint density at radius 1 is 1.37 bits per heavy atom. The minimum absolute atomic E-state index is 0.0788. The van der Waals surface area contributed by atoms with Crippen molar-refractivity contribution in [1.29, 1.82) is 0 Å². The molecule has 1 heterocycles. The number of ether oxygens (including phenoxy) is 1. The molecule has 0 aliphatic carbocycles. The molecule has 0 radical (unpaired) electrons. The first kappa shape index (κ1) is 14.0. The van der Waals surface area contributed by atoms with Gasteiger partial charge in [-0.2, -0.15) is 0 Å². The molecule has 4 heteroatoms. The summed E-state index contributed by atoms with van der Waals surface area (Å²) in [4.78, 5) is 4.30. The number of hydrogen-bond donors (Lipinski definition) is 1. The molecule has 1 atom stereocenters. The molecule has 100 valence electrons. The van der Waals surface area contributed by atoms with E-state index < -0.39 is 0 Å². The Bertz CT molecular complexity index is 570. The summed E-state index contributed by atoms with van der Waals surface area (Å²) in [5, 5.41) is 0. The minimum atomic E-state index is 0.0788. The van der Waals surface area contributed by atoms with Crippen LogP contribution in [0, 0.1) is 6.92 Å². The third-order valence-electron chi connectivity index (χ3n) is 2.75. The molecule has 0 saturated heterocycles. The van der Waals surface area contributed by atoms with Crippen LogP contribution in [0.3, 0.4) is 0 Å². The third kappa shape index (κ3) is 3.78. The van der Waals surface area contributed by atoms with Crippen LogP contribution in [-0.4, -0.2) is 11.0 Å². The fourth-order valence-electron chi connectivity index (χ4n) is 1.81. The van der Waals surface area contributed by atoms with E-state index in [2.05, 4.69) is 20.9 Å². The molecule has 0 bridgehead atoms. The Kier molecular flexibility index (Phi) is 4.56. The average molecular weight is 321 g/mol. The topological polar surface area (TPSA) is 48.1 Å². The summed E-state index contributed by atoms with van der Waals surface area (Å²) in [6.45, 7) is 3.98. The molecule has 1 aromatic carbocycles. The largest absolute Gasteiger partial charge is 0.438 e. The van der Waals surface area contributed by atoms with Crippen molar-refractivity contribution in [2.75, 3.05) is 0 Å². The molecular formula is C15H17BrN2O. The van der Waals surface area contributed by atoms with Crippen LogP contribution in [0.15, 0.2) is 41.0 Å². The Balaban J connectivity index is 2.30. The summed E-state index contributed by atoms with van der Waals surface area (Å²) < 4.78 is 6.91. The smallest absolute Gasteiger partial charge is 0.222 e. The highest BCUT2D eigenvalue weighted by molar-refractivity contribution is 9.10. The second-order valence-electron chi connectivity index (χ2n) is 4.66. The van der Waals surface area contributed by atoms with Gasteiger partial charge in [-0.1, -0.05) is 28.1 Å². The van der Waals surface area contributed by atoms with Crippen molar-refractivity contribution in [3.05, 3.63) is 52.1 Å². The highest BCUT2D eigenvalue weighted by Gasteiger charge is 2.09. The minimum Gasteiger partial charge on any atom is -0.438 e. The highest BCUT2D eigenvalue weighted by Crippen LogP contribution is 2.29. The van der Waals surface area contributed by atoms with Gasteiger partial charge in [0.1, 0.15) is 5.75 Å². The van der Waals surface area contributed by atoms with Crippen molar-refractivity contribution in [3.63, 3.8) is 0 Å². The standard InChI is InChI=1S/C15H17BrN2O/c1-10-5-6-13(16)9-14(10)19-15-12(8-11(2)17)4-3-7-18-15/h3-7,9,11H,8,17H2,1-2H3. The molecule has 1 unspecified atom stereocenters. The number of nitrogens with two attached hydrogens (primary N) is 1. The van der Waals surface area contributed by atoms with E-state index in [0.29, 0.717) is 5.88 Å². The lowest BCUT2D eigenvalue weighted by atomic mass is 10.1. The lowest BCUT2D eigenvalue weighted by molar-refractivity contribution is 0.450. The molecule has 0 saturated carbocycles. The van der Waals surface area contributed by atoms with E-state index in [9.17, 15) is 0 Å². The Morgan fingerprint density at radius 3 is 2.89 bits per heavy atom. The van der Waals surface area contributed by atoms with E-state index in [1.165, 1.54) is 0 Å². The molecule has 19 heavy (non-hydrogen) atoms. The highest BCUT2D eigenvalue weighted by atomic mass is 79.9. The second kappa shape index (κ2) is 6.17. The maximum Gasteiger partial charge on any atom is 0.222 e. The molecule has 0 spiro atoms. The second-order valence-corrected chi connectivity index (χ2v) is 5.58. The predicted molar refractivity (Wildman–Crippen MR) is 80.5 cm³/mol. The number of nitrogens with zero attached hydrogens (tertiary/aromatic N) is 1. The predicted octanol–water partition coefficient (Wildman–Crippen LogP) is 3.83. The third-order valence-corrected chi connectivity index (χ3v) is 3.24. The van der Waals surface area contributed by atoms with E-state index in [-0.39, 0.29) is 6.04 Å². The van der Waals surface area contributed by atoms with Crippen LogP contribution in [0.1, 0.15) is 18.1 Å². The lowest BCUT2D eigenvalue weighted by Gasteiger charge is -2.13. The van der Waals surface area contributed by atoms with Crippen molar-refractivity contribution < 1.29 is 4.74 Å². The Hall–Kier alpha value is -1.39. The van der Waals surface area contributed by atoms with Crippen LogP contribution >= 0.6 is 15.9 Å². The summed E-state index contributed by atoms with van der Waals surface area (Å²) in [7, 11) is 0. The quantitative estimate of drug-likeness (QED) is 0.931. The van der Waals surface area contributed by atoms with Gasteiger partial charge in [-0.25, -0.2) is 4.98 Å². The van der Waals surface area contributed by atoms with Crippen LogP contribution in [0.2, 0.25) is 0 Å². The zero-order valence-corrected chi connectivity index (χ0v) is 12.6. The first-order chi connectivity index (χ1) is 9.06. The number of halogens is 1. The number of rotatable bonds is 4. The van der Waals surface area contributed by atoms with E-state index in [1.54, 1.807) is 6.20 Å². The molecular weight excluding hydrogens is 304 g/mol. The van der Waals surface area contributed by atoms with E-state index in [0.717, 1.165) is 27.8 Å². The van der Waals surface area contributed by atoms with Gasteiger partial charge in [0.05, 0.1) is 0 Å². The Morgan fingerprint density at radius 2 is 2.16 bits per heavy atom. The molecule has 3 nitrogen and oxygen atoms in total. The SMILES string of the molecule is Cc1ccc(Br)cc1Oc1ncccc1CC(C)N. The number of hydrogen-bond acceptors (Lipinski definition) is 3. The van der Waals surface area contributed by atoms with Crippen molar-refractivity contribution in [2.45, 2.75) is 26.3 Å². The maximum absolute atomic E-state index is 5.93. The summed E-state index contributed by atoms with van der Waals surface area (Å²) in [6, 6.07) is 9.92. The molecule has 2 aromatic rings. The molecule has 0 amide bonds. The van der Waals surface area contributed by atoms with Crippen molar-refractivity contribution in [2.24, 2.45) is 5.73 Å². The Labute approximate surface area is 121 Å². The van der Waals surface area contributed by atoms with Crippen LogP contribution in [-0.2, 0) is 6.42 Å². The van der Waals surface area contributed by atoms with Gasteiger partial charge in [0.2, 0.25) is 5.88 Å². The first-order valence-electron chi connectivity index (χ1n) is 6.19. The molecule has 2 rings (SSSR count). The van der Waals surface area contributed by atoms with Gasteiger partial charge >= 0.3 is 0 Å². The van der Waals surface area contributed by atoms with E-state index in [4.69, 9.17) is 10.5 Å². The summed E-state index contributed by atoms with van der Waals surface area (Å²) >= 11 is 3.45. The van der Waals surface area contributed by atoms with Crippen molar-refractivity contribution in [3.8, 4) is 11.6 Å². The maximum atomic E-state index is 5.93. The zero-order chi connectivity index (χ0) is 13.8. The van der Waals surface area contributed by atoms with Crippen LogP contribution in [0.5, 0.6) is 11.6 Å². The monoisotopic (exact) mass is 320 g/mol. The van der Waals surface area contributed by atoms with Crippen LogP contribution in [0.25, 0.3) is 0 Å². The van der Waals surface area contributed by atoms with Gasteiger partial charge in [0.25, 0.3) is 0 Å². The fraction of sp³-hybridized carbons (Fsp3) is 0.267. The number of pyridine rings is 1. The molecule has 2 N–H and O–H groups in total. The van der Waals surface area contributed by atoms with Gasteiger partial charge in [0, 0.05) is 22.3 Å². The lowest BCUT2D eigenvalue weighted by Crippen LogP contribution is -2.18. The van der Waals surface area contributed by atoms with Gasteiger partial charge in [-0.3, -0.25) is 0 Å².